The molecule has 0 heterocycles. The van der Waals surface area contributed by atoms with E-state index in [2.05, 4.69) is 10.6 Å². The number of ether oxygens (including phenoxy) is 1. The number of benzene rings is 1. The largest absolute Gasteiger partial charge is 0.496 e. The second-order valence-corrected chi connectivity index (χ2v) is 5.11. The summed E-state index contributed by atoms with van der Waals surface area (Å²) in [5, 5.41) is 15.9. The summed E-state index contributed by atoms with van der Waals surface area (Å²) in [5.41, 5.74) is 1.78. The van der Waals surface area contributed by atoms with Crippen LogP contribution >= 0.6 is 0 Å². The SMILES string of the molecule is COc1ccc(C)cc1C(O)CNCC(=O)NC(C)C. The molecule has 112 valence electrons. The molecule has 1 amide bonds. The van der Waals surface area contributed by atoms with Gasteiger partial charge >= 0.3 is 0 Å². The molecule has 5 heteroatoms. The number of carbonyl (C=O) groups is 1. The summed E-state index contributed by atoms with van der Waals surface area (Å²) in [6.07, 6.45) is -0.711. The summed E-state index contributed by atoms with van der Waals surface area (Å²) in [4.78, 5) is 11.5. The lowest BCUT2D eigenvalue weighted by Gasteiger charge is -2.16. The third-order valence-electron chi connectivity index (χ3n) is 2.82. The van der Waals surface area contributed by atoms with Gasteiger partial charge in [0.25, 0.3) is 0 Å². The maximum atomic E-state index is 11.5. The molecule has 0 saturated heterocycles. The zero-order valence-corrected chi connectivity index (χ0v) is 12.6. The molecular formula is C15H24N2O3. The summed E-state index contributed by atoms with van der Waals surface area (Å²) >= 11 is 0. The molecule has 20 heavy (non-hydrogen) atoms. The van der Waals surface area contributed by atoms with Crippen molar-refractivity contribution in [3.63, 3.8) is 0 Å². The van der Waals surface area contributed by atoms with Crippen LogP contribution in [0.1, 0.15) is 31.1 Å². The van der Waals surface area contributed by atoms with Gasteiger partial charge in [-0.1, -0.05) is 11.6 Å². The predicted octanol–water partition coefficient (Wildman–Crippen LogP) is 1.15. The van der Waals surface area contributed by atoms with E-state index in [0.29, 0.717) is 12.3 Å². The number of methoxy groups -OCH3 is 1. The second-order valence-electron chi connectivity index (χ2n) is 5.11. The Morgan fingerprint density at radius 3 is 2.70 bits per heavy atom. The van der Waals surface area contributed by atoms with Crippen LogP contribution in [0, 0.1) is 6.92 Å². The minimum atomic E-state index is -0.711. The van der Waals surface area contributed by atoms with Crippen LogP contribution in [0.25, 0.3) is 0 Å². The van der Waals surface area contributed by atoms with Crippen LogP contribution in [-0.4, -0.2) is 37.3 Å². The van der Waals surface area contributed by atoms with Crippen LogP contribution in [0.3, 0.4) is 0 Å². The Hall–Kier alpha value is -1.59. The average Bonchev–Trinajstić information content (AvgIpc) is 2.37. The highest BCUT2D eigenvalue weighted by Crippen LogP contribution is 2.25. The summed E-state index contributed by atoms with van der Waals surface area (Å²) in [5.74, 6) is 0.569. The van der Waals surface area contributed by atoms with Gasteiger partial charge in [0.2, 0.25) is 5.91 Å². The van der Waals surface area contributed by atoms with Crippen molar-refractivity contribution in [1.82, 2.24) is 10.6 Å². The fourth-order valence-corrected chi connectivity index (χ4v) is 1.92. The summed E-state index contributed by atoms with van der Waals surface area (Å²) in [7, 11) is 1.57. The number of aryl methyl sites for hydroxylation is 1. The molecule has 0 radical (unpaired) electrons. The van der Waals surface area contributed by atoms with Crippen LogP contribution in [0.15, 0.2) is 18.2 Å². The Labute approximate surface area is 120 Å². The summed E-state index contributed by atoms with van der Waals surface area (Å²) < 4.78 is 5.23. The predicted molar refractivity (Wildman–Crippen MR) is 78.8 cm³/mol. The van der Waals surface area contributed by atoms with Gasteiger partial charge in [-0.25, -0.2) is 0 Å². The first kappa shape index (κ1) is 16.5. The van der Waals surface area contributed by atoms with Crippen molar-refractivity contribution in [2.45, 2.75) is 32.9 Å². The van der Waals surface area contributed by atoms with Crippen molar-refractivity contribution in [2.24, 2.45) is 0 Å². The molecule has 1 rings (SSSR count). The average molecular weight is 280 g/mol. The molecule has 0 aliphatic rings. The highest BCUT2D eigenvalue weighted by Gasteiger charge is 2.13. The van der Waals surface area contributed by atoms with Gasteiger partial charge in [0.05, 0.1) is 19.8 Å². The molecule has 1 aromatic carbocycles. The number of aliphatic hydroxyl groups is 1. The Kier molecular flexibility index (Phi) is 6.48. The number of nitrogens with one attached hydrogen (secondary N) is 2. The van der Waals surface area contributed by atoms with Crippen molar-refractivity contribution in [3.05, 3.63) is 29.3 Å². The van der Waals surface area contributed by atoms with Gasteiger partial charge < -0.3 is 20.5 Å². The lowest BCUT2D eigenvalue weighted by molar-refractivity contribution is -0.120. The Morgan fingerprint density at radius 2 is 2.10 bits per heavy atom. The summed E-state index contributed by atoms with van der Waals surface area (Å²) in [6, 6.07) is 5.77. The van der Waals surface area contributed by atoms with E-state index in [4.69, 9.17) is 4.74 Å². The minimum absolute atomic E-state index is 0.0802. The van der Waals surface area contributed by atoms with Crippen molar-refractivity contribution in [2.75, 3.05) is 20.2 Å². The fraction of sp³-hybridized carbons (Fsp3) is 0.533. The number of aliphatic hydroxyl groups excluding tert-OH is 1. The van der Waals surface area contributed by atoms with Crippen LogP contribution in [0.2, 0.25) is 0 Å². The van der Waals surface area contributed by atoms with E-state index in [1.54, 1.807) is 7.11 Å². The third-order valence-corrected chi connectivity index (χ3v) is 2.82. The maximum Gasteiger partial charge on any atom is 0.234 e. The smallest absolute Gasteiger partial charge is 0.234 e. The molecular weight excluding hydrogens is 256 g/mol. The van der Waals surface area contributed by atoms with Gasteiger partial charge in [-0.15, -0.1) is 0 Å². The highest BCUT2D eigenvalue weighted by atomic mass is 16.5. The van der Waals surface area contributed by atoms with E-state index in [9.17, 15) is 9.90 Å². The summed E-state index contributed by atoms with van der Waals surface area (Å²) in [6.45, 7) is 6.25. The van der Waals surface area contributed by atoms with Crippen LogP contribution in [0.4, 0.5) is 0 Å². The quantitative estimate of drug-likeness (QED) is 0.701. The Bertz CT molecular complexity index is 447. The van der Waals surface area contributed by atoms with E-state index in [-0.39, 0.29) is 18.5 Å². The third kappa shape index (κ3) is 5.19. The zero-order chi connectivity index (χ0) is 15.1. The Balaban J connectivity index is 2.52. The van der Waals surface area contributed by atoms with Crippen molar-refractivity contribution in [3.8, 4) is 5.75 Å². The number of amides is 1. The number of hydrogen-bond donors (Lipinski definition) is 3. The molecule has 0 fully saturated rings. The monoisotopic (exact) mass is 280 g/mol. The van der Waals surface area contributed by atoms with E-state index >= 15 is 0 Å². The van der Waals surface area contributed by atoms with E-state index in [1.807, 2.05) is 39.0 Å². The van der Waals surface area contributed by atoms with Gasteiger partial charge in [0, 0.05) is 18.2 Å². The first-order valence-electron chi connectivity index (χ1n) is 6.76. The molecule has 0 aromatic heterocycles. The van der Waals surface area contributed by atoms with E-state index in [0.717, 1.165) is 11.1 Å². The fourth-order valence-electron chi connectivity index (χ4n) is 1.92. The molecule has 0 bridgehead atoms. The van der Waals surface area contributed by atoms with Gasteiger partial charge in [0.15, 0.2) is 0 Å². The molecule has 5 nitrogen and oxygen atoms in total. The Morgan fingerprint density at radius 1 is 1.40 bits per heavy atom. The number of carbonyl (C=O) groups excluding carboxylic acids is 1. The number of rotatable bonds is 7. The van der Waals surface area contributed by atoms with Crippen molar-refractivity contribution >= 4 is 5.91 Å². The van der Waals surface area contributed by atoms with Crippen LogP contribution < -0.4 is 15.4 Å². The molecule has 1 atom stereocenters. The van der Waals surface area contributed by atoms with Gasteiger partial charge in [-0.2, -0.15) is 0 Å². The minimum Gasteiger partial charge on any atom is -0.496 e. The zero-order valence-electron chi connectivity index (χ0n) is 12.6. The molecule has 0 aliphatic heterocycles. The second kappa shape index (κ2) is 7.87. The molecule has 1 aromatic rings. The lowest BCUT2D eigenvalue weighted by atomic mass is 10.1. The van der Waals surface area contributed by atoms with Crippen LogP contribution in [0.5, 0.6) is 5.75 Å². The first-order valence-corrected chi connectivity index (χ1v) is 6.76. The molecule has 1 unspecified atom stereocenters. The molecule has 3 N–H and O–H groups in total. The van der Waals surface area contributed by atoms with E-state index in [1.165, 1.54) is 0 Å². The normalized spacial score (nSPS) is 12.3. The molecule has 0 saturated carbocycles. The molecule has 0 spiro atoms. The van der Waals surface area contributed by atoms with Crippen LogP contribution in [-0.2, 0) is 4.79 Å². The molecule has 0 aliphatic carbocycles. The van der Waals surface area contributed by atoms with Crippen molar-refractivity contribution < 1.29 is 14.6 Å². The lowest BCUT2D eigenvalue weighted by Crippen LogP contribution is -2.38. The van der Waals surface area contributed by atoms with Gasteiger partial charge in [-0.3, -0.25) is 4.79 Å². The number of hydrogen-bond acceptors (Lipinski definition) is 4. The first-order chi connectivity index (χ1) is 9.43. The maximum absolute atomic E-state index is 11.5. The topological polar surface area (TPSA) is 70.6 Å². The highest BCUT2D eigenvalue weighted by molar-refractivity contribution is 5.78. The standard InChI is InChI=1S/C15H24N2O3/c1-10(2)17-15(19)9-16-8-13(18)12-7-11(3)5-6-14(12)20-4/h5-7,10,13,16,18H,8-9H2,1-4H3,(H,17,19). The van der Waals surface area contributed by atoms with Gasteiger partial charge in [0.1, 0.15) is 5.75 Å². The van der Waals surface area contributed by atoms with Gasteiger partial charge in [-0.05, 0) is 32.9 Å². The van der Waals surface area contributed by atoms with E-state index < -0.39 is 6.10 Å². The van der Waals surface area contributed by atoms with Crippen molar-refractivity contribution in [1.29, 1.82) is 0 Å².